The van der Waals surface area contributed by atoms with Gasteiger partial charge in [-0.2, -0.15) is 0 Å². The Balaban J connectivity index is 1.98. The van der Waals surface area contributed by atoms with Crippen molar-refractivity contribution < 1.29 is 13.9 Å². The highest BCUT2D eigenvalue weighted by Gasteiger charge is 2.16. The van der Waals surface area contributed by atoms with Crippen LogP contribution in [-0.4, -0.2) is 16.2 Å². The van der Waals surface area contributed by atoms with Gasteiger partial charge in [-0.1, -0.05) is 6.07 Å². The fourth-order valence-corrected chi connectivity index (χ4v) is 2.34. The summed E-state index contributed by atoms with van der Waals surface area (Å²) in [6, 6.07) is 6.22. The predicted molar refractivity (Wildman–Crippen MR) is 76.3 cm³/mol. The van der Waals surface area contributed by atoms with Crippen LogP contribution in [0.5, 0.6) is 0 Å². The van der Waals surface area contributed by atoms with Crippen LogP contribution in [0.1, 0.15) is 17.5 Å². The number of hydrogen-bond acceptors (Lipinski definition) is 2. The molecule has 0 aliphatic rings. The SMILES string of the molecule is OC(CCc1cccnc1)Cc1c(F)ccc(Br)c1F. The van der Waals surface area contributed by atoms with Crippen molar-refractivity contribution in [3.8, 4) is 0 Å². The van der Waals surface area contributed by atoms with Gasteiger partial charge in [-0.3, -0.25) is 4.98 Å². The number of aromatic nitrogens is 1. The van der Waals surface area contributed by atoms with E-state index in [4.69, 9.17) is 0 Å². The maximum atomic E-state index is 13.8. The third-order valence-corrected chi connectivity index (χ3v) is 3.68. The average Bonchev–Trinajstić information content (AvgIpc) is 2.46. The number of halogens is 3. The molecular weight excluding hydrogens is 328 g/mol. The van der Waals surface area contributed by atoms with Gasteiger partial charge < -0.3 is 5.11 Å². The number of aliphatic hydroxyl groups is 1. The van der Waals surface area contributed by atoms with Crippen LogP contribution in [0.2, 0.25) is 0 Å². The first-order chi connectivity index (χ1) is 9.58. The number of benzene rings is 1. The summed E-state index contributed by atoms with van der Waals surface area (Å²) in [6.07, 6.45) is 3.59. The molecule has 0 bridgehead atoms. The fourth-order valence-electron chi connectivity index (χ4n) is 1.97. The van der Waals surface area contributed by atoms with Crippen molar-refractivity contribution in [1.29, 1.82) is 0 Å². The van der Waals surface area contributed by atoms with Gasteiger partial charge >= 0.3 is 0 Å². The number of rotatable bonds is 5. The van der Waals surface area contributed by atoms with E-state index in [1.54, 1.807) is 12.4 Å². The summed E-state index contributed by atoms with van der Waals surface area (Å²) < 4.78 is 27.6. The highest BCUT2D eigenvalue weighted by Crippen LogP contribution is 2.23. The van der Waals surface area contributed by atoms with Crippen LogP contribution in [0.3, 0.4) is 0 Å². The normalized spacial score (nSPS) is 12.4. The molecule has 0 amide bonds. The first-order valence-corrected chi connectivity index (χ1v) is 7.06. The van der Waals surface area contributed by atoms with Crippen LogP contribution in [0.4, 0.5) is 8.78 Å². The van der Waals surface area contributed by atoms with E-state index < -0.39 is 17.7 Å². The number of pyridine rings is 1. The van der Waals surface area contributed by atoms with E-state index in [0.29, 0.717) is 12.8 Å². The summed E-state index contributed by atoms with van der Waals surface area (Å²) in [5.74, 6) is -1.28. The number of nitrogens with zero attached hydrogens (tertiary/aromatic N) is 1. The molecule has 106 valence electrons. The second-order valence-corrected chi connectivity index (χ2v) is 5.43. The summed E-state index contributed by atoms with van der Waals surface area (Å²) in [4.78, 5) is 3.98. The van der Waals surface area contributed by atoms with Crippen molar-refractivity contribution >= 4 is 15.9 Å². The largest absolute Gasteiger partial charge is 0.393 e. The van der Waals surface area contributed by atoms with Gasteiger partial charge in [0.2, 0.25) is 0 Å². The Morgan fingerprint density at radius 1 is 1.25 bits per heavy atom. The minimum Gasteiger partial charge on any atom is -0.393 e. The van der Waals surface area contributed by atoms with Crippen LogP contribution in [0, 0.1) is 11.6 Å². The molecule has 1 unspecified atom stereocenters. The highest BCUT2D eigenvalue weighted by molar-refractivity contribution is 9.10. The summed E-state index contributed by atoms with van der Waals surface area (Å²) in [5, 5.41) is 9.93. The second-order valence-electron chi connectivity index (χ2n) is 4.58. The standard InChI is InChI=1S/C15H14BrF2NO/c16-13-5-6-14(17)12(15(13)18)8-11(20)4-3-10-2-1-7-19-9-10/h1-2,5-7,9,11,20H,3-4,8H2. The highest BCUT2D eigenvalue weighted by atomic mass is 79.9. The summed E-state index contributed by atoms with van der Waals surface area (Å²) in [7, 11) is 0. The molecule has 1 aromatic heterocycles. The molecule has 2 rings (SSSR count). The van der Waals surface area contributed by atoms with Gasteiger partial charge in [0.25, 0.3) is 0 Å². The molecule has 2 nitrogen and oxygen atoms in total. The molecule has 1 N–H and O–H groups in total. The Morgan fingerprint density at radius 3 is 2.75 bits per heavy atom. The molecule has 2 aromatic rings. The lowest BCUT2D eigenvalue weighted by Crippen LogP contribution is -2.14. The van der Waals surface area contributed by atoms with Crippen molar-refractivity contribution in [2.45, 2.75) is 25.4 Å². The van der Waals surface area contributed by atoms with Gasteiger partial charge in [-0.05, 0) is 52.5 Å². The van der Waals surface area contributed by atoms with Crippen molar-refractivity contribution in [2.75, 3.05) is 0 Å². The second kappa shape index (κ2) is 6.90. The zero-order valence-electron chi connectivity index (χ0n) is 10.7. The predicted octanol–water partition coefficient (Wildman–Crippen LogP) is 3.66. The van der Waals surface area contributed by atoms with E-state index in [2.05, 4.69) is 20.9 Å². The van der Waals surface area contributed by atoms with Crippen molar-refractivity contribution in [3.63, 3.8) is 0 Å². The molecule has 1 atom stereocenters. The average molecular weight is 342 g/mol. The number of aryl methyl sites for hydroxylation is 1. The molecule has 20 heavy (non-hydrogen) atoms. The minimum absolute atomic E-state index is 0.0443. The lowest BCUT2D eigenvalue weighted by molar-refractivity contribution is 0.162. The smallest absolute Gasteiger partial charge is 0.143 e. The van der Waals surface area contributed by atoms with Gasteiger partial charge in [-0.25, -0.2) is 8.78 Å². The van der Waals surface area contributed by atoms with Gasteiger partial charge in [0.05, 0.1) is 10.6 Å². The maximum Gasteiger partial charge on any atom is 0.143 e. The Morgan fingerprint density at radius 2 is 2.05 bits per heavy atom. The van der Waals surface area contributed by atoms with Gasteiger partial charge in [0.1, 0.15) is 11.6 Å². The molecule has 5 heteroatoms. The van der Waals surface area contributed by atoms with Crippen LogP contribution < -0.4 is 0 Å². The van der Waals surface area contributed by atoms with E-state index in [-0.39, 0.29) is 16.5 Å². The Hall–Kier alpha value is -1.33. The molecule has 0 aliphatic heterocycles. The van der Waals surface area contributed by atoms with E-state index >= 15 is 0 Å². The van der Waals surface area contributed by atoms with Crippen molar-refractivity contribution in [1.82, 2.24) is 4.98 Å². The molecular formula is C15H14BrF2NO. The summed E-state index contributed by atoms with van der Waals surface area (Å²) >= 11 is 3.01. The number of hydrogen-bond donors (Lipinski definition) is 1. The van der Waals surface area contributed by atoms with Gasteiger partial charge in [0.15, 0.2) is 0 Å². The molecule has 1 heterocycles. The Labute approximate surface area is 124 Å². The topological polar surface area (TPSA) is 33.1 Å². The third kappa shape index (κ3) is 3.84. The van der Waals surface area contributed by atoms with Crippen LogP contribution in [0.15, 0.2) is 41.1 Å². The van der Waals surface area contributed by atoms with Crippen LogP contribution in [0.25, 0.3) is 0 Å². The maximum absolute atomic E-state index is 13.8. The molecule has 0 fully saturated rings. The zero-order valence-corrected chi connectivity index (χ0v) is 12.3. The van der Waals surface area contributed by atoms with Gasteiger partial charge in [-0.15, -0.1) is 0 Å². The van der Waals surface area contributed by atoms with E-state index in [1.807, 2.05) is 12.1 Å². The molecule has 0 spiro atoms. The lowest BCUT2D eigenvalue weighted by Gasteiger charge is -2.12. The minimum atomic E-state index is -0.798. The molecule has 1 aromatic carbocycles. The van der Waals surface area contributed by atoms with Crippen LogP contribution >= 0.6 is 15.9 Å². The first kappa shape index (κ1) is 15.1. The summed E-state index contributed by atoms with van der Waals surface area (Å²) in [5.41, 5.74) is 0.903. The molecule has 0 saturated carbocycles. The Bertz CT molecular complexity index is 578. The van der Waals surface area contributed by atoms with E-state index in [1.165, 1.54) is 12.1 Å². The van der Waals surface area contributed by atoms with Gasteiger partial charge in [0, 0.05) is 24.4 Å². The van der Waals surface area contributed by atoms with Crippen molar-refractivity contribution in [3.05, 3.63) is 63.9 Å². The van der Waals surface area contributed by atoms with E-state index in [9.17, 15) is 13.9 Å². The summed E-state index contributed by atoms with van der Waals surface area (Å²) in [6.45, 7) is 0. The van der Waals surface area contributed by atoms with Crippen molar-refractivity contribution in [2.24, 2.45) is 0 Å². The molecule has 0 radical (unpaired) electrons. The van der Waals surface area contributed by atoms with Crippen LogP contribution in [-0.2, 0) is 12.8 Å². The molecule has 0 aliphatic carbocycles. The fraction of sp³-hybridized carbons (Fsp3) is 0.267. The Kier molecular flexibility index (Phi) is 5.20. The zero-order chi connectivity index (χ0) is 14.5. The first-order valence-electron chi connectivity index (χ1n) is 6.27. The quantitative estimate of drug-likeness (QED) is 0.842. The number of aliphatic hydroxyl groups excluding tert-OH is 1. The lowest BCUT2D eigenvalue weighted by atomic mass is 10.0. The molecule has 0 saturated heterocycles. The van der Waals surface area contributed by atoms with E-state index in [0.717, 1.165) is 5.56 Å². The third-order valence-electron chi connectivity index (χ3n) is 3.07. The monoisotopic (exact) mass is 341 g/mol.